The van der Waals surface area contributed by atoms with Gasteiger partial charge in [-0.2, -0.15) is 10.2 Å². The van der Waals surface area contributed by atoms with Crippen molar-refractivity contribution in [3.63, 3.8) is 0 Å². The van der Waals surface area contributed by atoms with Crippen molar-refractivity contribution in [2.24, 2.45) is 5.92 Å². The first-order valence-corrected chi connectivity index (χ1v) is 10.9. The first kappa shape index (κ1) is 22.0. The van der Waals surface area contributed by atoms with E-state index >= 15 is 0 Å². The molecule has 8 nitrogen and oxygen atoms in total. The van der Waals surface area contributed by atoms with Gasteiger partial charge in [0, 0.05) is 37.5 Å². The molecule has 1 amide bonds. The van der Waals surface area contributed by atoms with Crippen LogP contribution in [0.5, 0.6) is 0 Å². The molecular weight excluding hydrogens is 404 g/mol. The number of methoxy groups -OCH3 is 1. The van der Waals surface area contributed by atoms with E-state index in [2.05, 4.69) is 42.4 Å². The Morgan fingerprint density at radius 2 is 1.94 bits per heavy atom. The highest BCUT2D eigenvalue weighted by Gasteiger charge is 2.33. The first-order chi connectivity index (χ1) is 15.3. The van der Waals surface area contributed by atoms with Crippen LogP contribution in [0.4, 0.5) is 11.5 Å². The zero-order valence-corrected chi connectivity index (χ0v) is 19.1. The molecule has 1 fully saturated rings. The second-order valence-electron chi connectivity index (χ2n) is 9.13. The van der Waals surface area contributed by atoms with Crippen LogP contribution in [0.25, 0.3) is 11.3 Å². The van der Waals surface area contributed by atoms with Gasteiger partial charge in [0.1, 0.15) is 0 Å². The predicted molar refractivity (Wildman–Crippen MR) is 125 cm³/mol. The monoisotopic (exact) mass is 434 g/mol. The van der Waals surface area contributed by atoms with E-state index in [-0.39, 0.29) is 17.2 Å². The number of hydrogen-bond donors (Lipinski definition) is 1. The Morgan fingerprint density at radius 3 is 2.56 bits per heavy atom. The molecule has 32 heavy (non-hydrogen) atoms. The van der Waals surface area contributed by atoms with Crippen LogP contribution in [-0.2, 0) is 21.5 Å². The Kier molecular flexibility index (Phi) is 6.23. The highest BCUT2D eigenvalue weighted by atomic mass is 16.5. The lowest BCUT2D eigenvalue weighted by Crippen LogP contribution is -2.52. The third-order valence-electron chi connectivity index (χ3n) is 5.64. The number of nitrogens with zero attached hydrogens (tertiary/aromatic N) is 5. The predicted octanol–water partition coefficient (Wildman–Crippen LogP) is 3.36. The Hall–Kier alpha value is -3.26. The average molecular weight is 435 g/mol. The van der Waals surface area contributed by atoms with Crippen LogP contribution in [0, 0.1) is 5.92 Å². The van der Waals surface area contributed by atoms with Gasteiger partial charge in [-0.3, -0.25) is 9.48 Å². The Bertz CT molecular complexity index is 1050. The zero-order chi connectivity index (χ0) is 22.7. The molecule has 1 aliphatic heterocycles. The maximum absolute atomic E-state index is 12.6. The third kappa shape index (κ3) is 4.80. The number of nitrogens with one attached hydrogen (secondary N) is 1. The van der Waals surface area contributed by atoms with E-state index in [1.165, 1.54) is 0 Å². The summed E-state index contributed by atoms with van der Waals surface area (Å²) in [6, 6.07) is 13.8. The molecule has 168 valence electrons. The van der Waals surface area contributed by atoms with E-state index in [1.54, 1.807) is 13.3 Å². The summed E-state index contributed by atoms with van der Waals surface area (Å²) >= 11 is 0. The normalized spacial score (nSPS) is 14.3. The van der Waals surface area contributed by atoms with Crippen molar-refractivity contribution >= 4 is 17.4 Å². The molecule has 4 rings (SSSR count). The van der Waals surface area contributed by atoms with Gasteiger partial charge in [-0.1, -0.05) is 32.9 Å². The van der Waals surface area contributed by atoms with Crippen molar-refractivity contribution in [1.29, 1.82) is 0 Å². The molecule has 1 saturated heterocycles. The van der Waals surface area contributed by atoms with Gasteiger partial charge in [-0.05, 0) is 35.9 Å². The molecule has 0 unspecified atom stereocenters. The molecular formula is C24H30N6O2. The SMILES string of the molecule is COCCn1nc(C(C)(C)C)cc1-c1ccc(NC(=O)C2CN(c3cccnn3)C2)cc1. The minimum absolute atomic E-state index is 0.0260. The Morgan fingerprint density at radius 1 is 1.19 bits per heavy atom. The largest absolute Gasteiger partial charge is 0.383 e. The van der Waals surface area contributed by atoms with E-state index in [9.17, 15) is 4.79 Å². The van der Waals surface area contributed by atoms with E-state index < -0.39 is 0 Å². The minimum atomic E-state index is -0.0542. The molecule has 3 heterocycles. The topological polar surface area (TPSA) is 85.2 Å². The quantitative estimate of drug-likeness (QED) is 0.614. The highest BCUT2D eigenvalue weighted by Crippen LogP contribution is 2.29. The fraction of sp³-hybridized carbons (Fsp3) is 0.417. The lowest BCUT2D eigenvalue weighted by Gasteiger charge is -2.38. The van der Waals surface area contributed by atoms with Crippen LogP contribution in [-0.4, -0.2) is 52.7 Å². The lowest BCUT2D eigenvalue weighted by atomic mass is 9.92. The molecule has 1 aliphatic rings. The number of amides is 1. The highest BCUT2D eigenvalue weighted by molar-refractivity contribution is 5.94. The molecule has 0 saturated carbocycles. The summed E-state index contributed by atoms with van der Waals surface area (Å²) in [7, 11) is 1.69. The van der Waals surface area contributed by atoms with Crippen LogP contribution in [0.1, 0.15) is 26.5 Å². The minimum Gasteiger partial charge on any atom is -0.383 e. The van der Waals surface area contributed by atoms with E-state index in [0.29, 0.717) is 26.2 Å². The number of rotatable bonds is 7. The fourth-order valence-corrected chi connectivity index (χ4v) is 3.63. The number of carbonyl (C=O) groups excluding carboxylic acids is 1. The van der Waals surface area contributed by atoms with Crippen LogP contribution in [0.3, 0.4) is 0 Å². The summed E-state index contributed by atoms with van der Waals surface area (Å²) in [5, 5.41) is 15.8. The second kappa shape index (κ2) is 9.08. The molecule has 0 bridgehead atoms. The molecule has 8 heteroatoms. The first-order valence-electron chi connectivity index (χ1n) is 10.9. The summed E-state index contributed by atoms with van der Waals surface area (Å²) in [6.07, 6.45) is 1.64. The van der Waals surface area contributed by atoms with Gasteiger partial charge < -0.3 is 15.0 Å². The Balaban J connectivity index is 1.41. The van der Waals surface area contributed by atoms with Crippen LogP contribution in [0.15, 0.2) is 48.7 Å². The number of carbonyl (C=O) groups is 1. The standard InChI is InChI=1S/C24H30N6O2/c1-24(2,3)21-14-20(30(28-21)12-13-32-4)17-7-9-19(10-8-17)26-23(31)18-15-29(16-18)22-6-5-11-25-27-22/h5-11,14,18H,12-13,15-16H2,1-4H3,(H,26,31). The van der Waals surface area contributed by atoms with Crippen LogP contribution >= 0.6 is 0 Å². The van der Waals surface area contributed by atoms with E-state index in [4.69, 9.17) is 9.84 Å². The average Bonchev–Trinajstić information content (AvgIpc) is 3.17. The van der Waals surface area contributed by atoms with Crippen molar-refractivity contribution in [2.45, 2.75) is 32.7 Å². The van der Waals surface area contributed by atoms with Gasteiger partial charge in [0.05, 0.1) is 30.5 Å². The van der Waals surface area contributed by atoms with Crippen LogP contribution in [0.2, 0.25) is 0 Å². The zero-order valence-electron chi connectivity index (χ0n) is 19.1. The molecule has 2 aromatic heterocycles. The summed E-state index contributed by atoms with van der Waals surface area (Å²) in [5.74, 6) is 0.778. The van der Waals surface area contributed by atoms with Gasteiger partial charge >= 0.3 is 0 Å². The molecule has 0 aliphatic carbocycles. The molecule has 1 aromatic carbocycles. The summed E-state index contributed by atoms with van der Waals surface area (Å²) in [5.41, 5.74) is 3.89. The molecule has 1 N–H and O–H groups in total. The van der Waals surface area contributed by atoms with Gasteiger partial charge in [-0.25, -0.2) is 0 Å². The number of anilines is 2. The van der Waals surface area contributed by atoms with E-state index in [1.807, 2.05) is 46.0 Å². The fourth-order valence-electron chi connectivity index (χ4n) is 3.63. The third-order valence-corrected chi connectivity index (χ3v) is 5.64. The number of hydrogen-bond acceptors (Lipinski definition) is 6. The second-order valence-corrected chi connectivity index (χ2v) is 9.13. The smallest absolute Gasteiger partial charge is 0.231 e. The molecule has 0 radical (unpaired) electrons. The lowest BCUT2D eigenvalue weighted by molar-refractivity contribution is -0.120. The van der Waals surface area contributed by atoms with Gasteiger partial charge in [0.15, 0.2) is 5.82 Å². The number of aromatic nitrogens is 4. The van der Waals surface area contributed by atoms with Gasteiger partial charge in [-0.15, -0.1) is 5.10 Å². The molecule has 3 aromatic rings. The molecule has 0 spiro atoms. The summed E-state index contributed by atoms with van der Waals surface area (Å²) in [4.78, 5) is 14.7. The maximum Gasteiger partial charge on any atom is 0.231 e. The van der Waals surface area contributed by atoms with Gasteiger partial charge in [0.25, 0.3) is 0 Å². The van der Waals surface area contributed by atoms with Crippen molar-refractivity contribution in [3.8, 4) is 11.3 Å². The number of ether oxygens (including phenoxy) is 1. The summed E-state index contributed by atoms with van der Waals surface area (Å²) < 4.78 is 7.24. The van der Waals surface area contributed by atoms with Gasteiger partial charge in [0.2, 0.25) is 5.91 Å². The van der Waals surface area contributed by atoms with Crippen molar-refractivity contribution < 1.29 is 9.53 Å². The van der Waals surface area contributed by atoms with Crippen molar-refractivity contribution in [2.75, 3.05) is 37.0 Å². The summed E-state index contributed by atoms with van der Waals surface area (Å²) in [6.45, 7) is 9.05. The number of benzene rings is 1. The van der Waals surface area contributed by atoms with E-state index in [0.717, 1.165) is 28.5 Å². The van der Waals surface area contributed by atoms with Crippen LogP contribution < -0.4 is 10.2 Å². The molecule has 0 atom stereocenters. The van der Waals surface area contributed by atoms with Crippen molar-refractivity contribution in [3.05, 3.63) is 54.4 Å². The Labute approximate surface area is 188 Å². The maximum atomic E-state index is 12.6. The van der Waals surface area contributed by atoms with Crippen molar-refractivity contribution in [1.82, 2.24) is 20.0 Å².